The minimum absolute atomic E-state index is 0.109. The van der Waals surface area contributed by atoms with E-state index in [1.165, 1.54) is 0 Å². The van der Waals surface area contributed by atoms with Crippen LogP contribution in [0, 0.1) is 18.3 Å². The Morgan fingerprint density at radius 3 is 2.41 bits per heavy atom. The lowest BCUT2D eigenvalue weighted by molar-refractivity contribution is 0.281. The lowest BCUT2D eigenvalue weighted by Gasteiger charge is -2.10. The molecule has 0 radical (unpaired) electrons. The summed E-state index contributed by atoms with van der Waals surface area (Å²) in [5, 5.41) is 18.5. The van der Waals surface area contributed by atoms with Crippen LogP contribution < -0.4 is 0 Å². The van der Waals surface area contributed by atoms with Crippen molar-refractivity contribution in [1.82, 2.24) is 0 Å². The number of nitrogens with zero attached hydrogens (tertiary/aromatic N) is 1. The van der Waals surface area contributed by atoms with Crippen LogP contribution in [0.3, 0.4) is 0 Å². The Kier molecular flexibility index (Phi) is 3.22. The van der Waals surface area contributed by atoms with Crippen LogP contribution >= 0.6 is 0 Å². The zero-order chi connectivity index (χ0) is 12.3. The van der Waals surface area contributed by atoms with E-state index in [-0.39, 0.29) is 6.61 Å². The zero-order valence-electron chi connectivity index (χ0n) is 9.64. The highest BCUT2D eigenvalue weighted by Crippen LogP contribution is 2.28. The van der Waals surface area contributed by atoms with Crippen LogP contribution in [-0.4, -0.2) is 5.11 Å². The summed E-state index contributed by atoms with van der Waals surface area (Å²) in [5.41, 5.74) is 4.29. The van der Waals surface area contributed by atoms with Gasteiger partial charge in [0, 0.05) is 5.56 Å². The molecule has 0 saturated heterocycles. The first-order chi connectivity index (χ1) is 8.27. The predicted octanol–water partition coefficient (Wildman–Crippen LogP) is 3.03. The fourth-order valence-electron chi connectivity index (χ4n) is 1.96. The summed E-state index contributed by atoms with van der Waals surface area (Å²) >= 11 is 0. The van der Waals surface area contributed by atoms with E-state index in [4.69, 9.17) is 0 Å². The van der Waals surface area contributed by atoms with E-state index < -0.39 is 0 Å². The van der Waals surface area contributed by atoms with E-state index in [9.17, 15) is 10.4 Å². The summed E-state index contributed by atoms with van der Waals surface area (Å²) in [6, 6.07) is 15.7. The van der Waals surface area contributed by atoms with Crippen LogP contribution in [0.1, 0.15) is 16.7 Å². The Morgan fingerprint density at radius 1 is 1.06 bits per heavy atom. The molecule has 0 aliphatic carbocycles. The van der Waals surface area contributed by atoms with Crippen molar-refractivity contribution < 1.29 is 5.11 Å². The van der Waals surface area contributed by atoms with Crippen LogP contribution in [0.5, 0.6) is 0 Å². The van der Waals surface area contributed by atoms with Gasteiger partial charge in [0.2, 0.25) is 0 Å². The topological polar surface area (TPSA) is 44.0 Å². The molecule has 17 heavy (non-hydrogen) atoms. The van der Waals surface area contributed by atoms with Crippen LogP contribution in [0.15, 0.2) is 42.5 Å². The molecule has 0 aliphatic rings. The van der Waals surface area contributed by atoms with Gasteiger partial charge in [-0.3, -0.25) is 0 Å². The number of nitriles is 1. The summed E-state index contributed by atoms with van der Waals surface area (Å²) in [5.74, 6) is 0. The molecule has 2 nitrogen and oxygen atoms in total. The summed E-state index contributed by atoms with van der Waals surface area (Å²) in [7, 11) is 0. The van der Waals surface area contributed by atoms with Crippen LogP contribution in [0.4, 0.5) is 0 Å². The summed E-state index contributed by atoms with van der Waals surface area (Å²) in [6.45, 7) is 1.91. The fourth-order valence-corrected chi connectivity index (χ4v) is 1.96. The maximum Gasteiger partial charge on any atom is 0.100 e. The first-order valence-corrected chi connectivity index (χ1v) is 5.46. The van der Waals surface area contributed by atoms with Crippen LogP contribution in [0.2, 0.25) is 0 Å². The van der Waals surface area contributed by atoms with Crippen molar-refractivity contribution in [1.29, 1.82) is 5.26 Å². The second-order valence-electron chi connectivity index (χ2n) is 3.92. The number of benzene rings is 2. The van der Waals surface area contributed by atoms with Crippen molar-refractivity contribution >= 4 is 0 Å². The molecule has 2 heteroatoms. The van der Waals surface area contributed by atoms with Gasteiger partial charge in [0.1, 0.15) is 6.07 Å². The van der Waals surface area contributed by atoms with E-state index in [0.29, 0.717) is 11.1 Å². The molecule has 0 saturated carbocycles. The first kappa shape index (κ1) is 11.4. The minimum Gasteiger partial charge on any atom is -0.392 e. The van der Waals surface area contributed by atoms with Crippen molar-refractivity contribution in [3.63, 3.8) is 0 Å². The van der Waals surface area contributed by atoms with Crippen molar-refractivity contribution in [2.75, 3.05) is 0 Å². The summed E-state index contributed by atoms with van der Waals surface area (Å²) < 4.78 is 0. The molecule has 1 N–H and O–H groups in total. The van der Waals surface area contributed by atoms with Gasteiger partial charge in [-0.1, -0.05) is 42.5 Å². The van der Waals surface area contributed by atoms with Crippen molar-refractivity contribution in [2.24, 2.45) is 0 Å². The second-order valence-corrected chi connectivity index (χ2v) is 3.92. The van der Waals surface area contributed by atoms with E-state index >= 15 is 0 Å². The highest BCUT2D eigenvalue weighted by Gasteiger charge is 2.10. The van der Waals surface area contributed by atoms with Crippen LogP contribution in [-0.2, 0) is 6.61 Å². The number of aliphatic hydroxyl groups is 1. The van der Waals surface area contributed by atoms with Gasteiger partial charge in [-0.25, -0.2) is 0 Å². The molecule has 0 atom stereocenters. The maximum atomic E-state index is 9.24. The Bertz CT molecular complexity index is 582. The molecule has 0 fully saturated rings. The smallest absolute Gasteiger partial charge is 0.100 e. The van der Waals surface area contributed by atoms with Gasteiger partial charge < -0.3 is 5.11 Å². The van der Waals surface area contributed by atoms with Gasteiger partial charge >= 0.3 is 0 Å². The van der Waals surface area contributed by atoms with Gasteiger partial charge in [-0.2, -0.15) is 5.26 Å². The summed E-state index contributed by atoms with van der Waals surface area (Å²) in [4.78, 5) is 0. The molecule has 2 aromatic carbocycles. The third-order valence-corrected chi connectivity index (χ3v) is 2.87. The third kappa shape index (κ3) is 2.06. The molecule has 0 amide bonds. The summed E-state index contributed by atoms with van der Waals surface area (Å²) in [6.07, 6.45) is 0. The number of aliphatic hydroxyl groups excluding tert-OH is 1. The fraction of sp³-hybridized carbons (Fsp3) is 0.133. The Labute approximate surface area is 101 Å². The molecule has 2 rings (SSSR count). The molecule has 0 spiro atoms. The normalized spacial score (nSPS) is 9.94. The molecular weight excluding hydrogens is 210 g/mol. The van der Waals surface area contributed by atoms with E-state index in [2.05, 4.69) is 6.07 Å². The van der Waals surface area contributed by atoms with Gasteiger partial charge in [0.15, 0.2) is 0 Å². The predicted molar refractivity (Wildman–Crippen MR) is 67.3 cm³/mol. The molecule has 0 aliphatic heterocycles. The average Bonchev–Trinajstić information content (AvgIpc) is 2.38. The number of hydrogen-bond acceptors (Lipinski definition) is 2. The minimum atomic E-state index is -0.109. The highest BCUT2D eigenvalue weighted by molar-refractivity contribution is 5.74. The van der Waals surface area contributed by atoms with E-state index in [1.807, 2.05) is 43.3 Å². The zero-order valence-corrected chi connectivity index (χ0v) is 9.64. The van der Waals surface area contributed by atoms with Crippen molar-refractivity contribution in [2.45, 2.75) is 13.5 Å². The Balaban J connectivity index is 2.69. The van der Waals surface area contributed by atoms with Gasteiger partial charge in [-0.15, -0.1) is 0 Å². The lowest BCUT2D eigenvalue weighted by atomic mass is 9.94. The number of hydrogen-bond donors (Lipinski definition) is 1. The molecule has 2 aromatic rings. The van der Waals surface area contributed by atoms with Gasteiger partial charge in [0.05, 0.1) is 12.2 Å². The molecule has 0 heterocycles. The SMILES string of the molecule is Cc1ccccc1-c1cccc(CO)c1C#N. The molecule has 0 unspecified atom stereocenters. The molecule has 0 bridgehead atoms. The van der Waals surface area contributed by atoms with Crippen molar-refractivity contribution in [3.8, 4) is 17.2 Å². The van der Waals surface area contributed by atoms with E-state index in [0.717, 1.165) is 16.7 Å². The monoisotopic (exact) mass is 223 g/mol. The van der Waals surface area contributed by atoms with Gasteiger partial charge in [0.25, 0.3) is 0 Å². The second kappa shape index (κ2) is 4.82. The maximum absolute atomic E-state index is 9.24. The van der Waals surface area contributed by atoms with Crippen LogP contribution in [0.25, 0.3) is 11.1 Å². The lowest BCUT2D eigenvalue weighted by Crippen LogP contribution is -1.94. The molecule has 0 aromatic heterocycles. The number of rotatable bonds is 2. The highest BCUT2D eigenvalue weighted by atomic mass is 16.3. The average molecular weight is 223 g/mol. The van der Waals surface area contributed by atoms with Gasteiger partial charge in [-0.05, 0) is 23.6 Å². The largest absolute Gasteiger partial charge is 0.392 e. The van der Waals surface area contributed by atoms with E-state index in [1.54, 1.807) is 6.07 Å². The Morgan fingerprint density at radius 2 is 1.76 bits per heavy atom. The molecular formula is C15H13NO. The third-order valence-electron chi connectivity index (χ3n) is 2.87. The standard InChI is InChI=1S/C15H13NO/c1-11-5-2-3-7-13(11)14-8-4-6-12(10-17)15(14)9-16/h2-8,17H,10H2,1H3. The van der Waals surface area contributed by atoms with Crippen molar-refractivity contribution in [3.05, 3.63) is 59.2 Å². The molecule has 84 valence electrons. The number of aryl methyl sites for hydroxylation is 1. The Hall–Kier alpha value is -2.11. The first-order valence-electron chi connectivity index (χ1n) is 5.46. The quantitative estimate of drug-likeness (QED) is 0.850.